The van der Waals surface area contributed by atoms with Crippen molar-refractivity contribution in [2.45, 2.75) is 13.1 Å². The van der Waals surface area contributed by atoms with Gasteiger partial charge in [0.1, 0.15) is 11.6 Å². The highest BCUT2D eigenvalue weighted by Gasteiger charge is 2.20. The summed E-state index contributed by atoms with van der Waals surface area (Å²) in [7, 11) is 0.640. The van der Waals surface area contributed by atoms with Crippen molar-refractivity contribution in [2.75, 3.05) is 32.2 Å². The smallest absolute Gasteiger partial charge is 0.209 e. The fourth-order valence-electron chi connectivity index (χ4n) is 5.19. The molecule has 3 N–H and O–H groups in total. The Kier molecular flexibility index (Phi) is 7.31. The largest absolute Gasteiger partial charge is 0.381 e. The summed E-state index contributed by atoms with van der Waals surface area (Å²) in [5.41, 5.74) is 9.21. The monoisotopic (exact) mass is 583 g/mol. The summed E-state index contributed by atoms with van der Waals surface area (Å²) in [4.78, 5) is 19.3. The standard InChI is InChI=1S/C31H30FN7O2S/c1-39(2)18-20-9-23(15-33-13-20)21-4-5-28-26(12-21)25(6-7-35-28)31-37-29-17-34-16-27(30(29)38-31)22-8-19(10-24(32)11-22)14-36-42(3,40)41/h4-6,8-13,15-17,35-36H,7,14,18H2,1-3H3,(H,37,38). The molecule has 0 aliphatic carbocycles. The number of fused-ring (bicyclic) bond motifs is 2. The zero-order valence-electron chi connectivity index (χ0n) is 23.4. The van der Waals surface area contributed by atoms with Gasteiger partial charge in [-0.25, -0.2) is 22.5 Å². The van der Waals surface area contributed by atoms with Crippen LogP contribution in [0.15, 0.2) is 73.3 Å². The van der Waals surface area contributed by atoms with E-state index >= 15 is 0 Å². The van der Waals surface area contributed by atoms with Crippen LogP contribution in [0, 0.1) is 5.82 Å². The molecular weight excluding hydrogens is 553 g/mol. The van der Waals surface area contributed by atoms with Crippen molar-refractivity contribution in [2.24, 2.45) is 0 Å². The summed E-state index contributed by atoms with van der Waals surface area (Å²) in [6.07, 6.45) is 10.3. The lowest BCUT2D eigenvalue weighted by Crippen LogP contribution is -2.21. The lowest BCUT2D eigenvalue weighted by molar-refractivity contribution is 0.402. The molecule has 0 bridgehead atoms. The van der Waals surface area contributed by atoms with Gasteiger partial charge in [-0.2, -0.15) is 0 Å². The molecular formula is C31H30FN7O2S. The minimum absolute atomic E-state index is 0.0224. The third kappa shape index (κ3) is 5.94. The summed E-state index contributed by atoms with van der Waals surface area (Å²) >= 11 is 0. The average molecular weight is 584 g/mol. The summed E-state index contributed by atoms with van der Waals surface area (Å²) in [5.74, 6) is 0.200. The van der Waals surface area contributed by atoms with Crippen LogP contribution in [0.25, 0.3) is 38.9 Å². The Balaban J connectivity index is 1.38. The SMILES string of the molecule is CN(C)Cc1cncc(-c2ccc3c(c2)C(c2nc4c(-c5cc(F)cc(CNS(C)(=O)=O)c5)cncc4[nH]2)=CCN3)c1. The van der Waals surface area contributed by atoms with Gasteiger partial charge in [0.05, 0.1) is 23.5 Å². The first-order valence-corrected chi connectivity index (χ1v) is 15.3. The molecule has 0 radical (unpaired) electrons. The van der Waals surface area contributed by atoms with Crippen LogP contribution < -0.4 is 10.0 Å². The zero-order chi connectivity index (χ0) is 29.4. The number of nitrogens with one attached hydrogen (secondary N) is 3. The number of hydrogen-bond acceptors (Lipinski definition) is 7. The molecule has 0 atom stereocenters. The van der Waals surface area contributed by atoms with Gasteiger partial charge in [-0.05, 0) is 72.7 Å². The van der Waals surface area contributed by atoms with Crippen LogP contribution in [-0.4, -0.2) is 60.1 Å². The Morgan fingerprint density at radius 3 is 2.55 bits per heavy atom. The minimum atomic E-state index is -3.43. The maximum absolute atomic E-state index is 14.6. The van der Waals surface area contributed by atoms with Crippen LogP contribution in [0.2, 0.25) is 0 Å². The van der Waals surface area contributed by atoms with Crippen LogP contribution in [0.1, 0.15) is 22.5 Å². The van der Waals surface area contributed by atoms with E-state index in [9.17, 15) is 12.8 Å². The van der Waals surface area contributed by atoms with E-state index in [1.165, 1.54) is 12.1 Å². The lowest BCUT2D eigenvalue weighted by atomic mass is 9.95. The van der Waals surface area contributed by atoms with Crippen LogP contribution in [0.3, 0.4) is 0 Å². The molecule has 0 unspecified atom stereocenters. The molecule has 4 heterocycles. The van der Waals surface area contributed by atoms with Crippen LogP contribution in [0.5, 0.6) is 0 Å². The van der Waals surface area contributed by atoms with Crippen molar-refractivity contribution in [3.8, 4) is 22.3 Å². The third-order valence-corrected chi connectivity index (χ3v) is 7.66. The van der Waals surface area contributed by atoms with E-state index in [0.717, 1.165) is 46.3 Å². The number of aromatic nitrogens is 4. The Hall–Kier alpha value is -4.45. The Morgan fingerprint density at radius 2 is 1.74 bits per heavy atom. The molecule has 2 aromatic carbocycles. The molecule has 1 aliphatic rings. The molecule has 5 aromatic rings. The molecule has 42 heavy (non-hydrogen) atoms. The first-order valence-electron chi connectivity index (χ1n) is 13.4. The summed E-state index contributed by atoms with van der Waals surface area (Å²) in [6.45, 7) is 1.42. The number of anilines is 1. The van der Waals surface area contributed by atoms with Crippen molar-refractivity contribution in [1.82, 2.24) is 29.6 Å². The molecule has 9 nitrogen and oxygen atoms in total. The Morgan fingerprint density at radius 1 is 0.929 bits per heavy atom. The van der Waals surface area contributed by atoms with E-state index in [2.05, 4.69) is 60.2 Å². The van der Waals surface area contributed by atoms with Gasteiger partial charge in [0.25, 0.3) is 0 Å². The van der Waals surface area contributed by atoms with Gasteiger partial charge < -0.3 is 15.2 Å². The predicted molar refractivity (Wildman–Crippen MR) is 164 cm³/mol. The van der Waals surface area contributed by atoms with Crippen molar-refractivity contribution in [3.05, 3.63) is 102 Å². The van der Waals surface area contributed by atoms with E-state index in [4.69, 9.17) is 4.98 Å². The molecule has 0 amide bonds. The summed E-state index contributed by atoms with van der Waals surface area (Å²) < 4.78 is 40.2. The topological polar surface area (TPSA) is 116 Å². The van der Waals surface area contributed by atoms with E-state index < -0.39 is 15.8 Å². The van der Waals surface area contributed by atoms with Gasteiger partial charge in [0.2, 0.25) is 10.0 Å². The quantitative estimate of drug-likeness (QED) is 0.241. The molecule has 0 spiro atoms. The molecule has 11 heteroatoms. The van der Waals surface area contributed by atoms with Gasteiger partial charge in [0.15, 0.2) is 0 Å². The highest BCUT2D eigenvalue weighted by molar-refractivity contribution is 7.88. The highest BCUT2D eigenvalue weighted by Crippen LogP contribution is 2.36. The Bertz CT molecular complexity index is 1950. The number of sulfonamides is 1. The molecule has 6 rings (SSSR count). The number of nitrogens with zero attached hydrogens (tertiary/aromatic N) is 4. The minimum Gasteiger partial charge on any atom is -0.381 e. The summed E-state index contributed by atoms with van der Waals surface area (Å²) in [5, 5.41) is 3.44. The van der Waals surface area contributed by atoms with Crippen molar-refractivity contribution in [1.29, 1.82) is 0 Å². The second kappa shape index (κ2) is 11.1. The molecule has 0 fully saturated rings. The van der Waals surface area contributed by atoms with Gasteiger partial charge in [-0.1, -0.05) is 12.1 Å². The lowest BCUT2D eigenvalue weighted by Gasteiger charge is -2.19. The van der Waals surface area contributed by atoms with E-state index in [1.807, 2.05) is 26.5 Å². The number of rotatable bonds is 8. The molecule has 0 saturated heterocycles. The van der Waals surface area contributed by atoms with Gasteiger partial charge in [-0.15, -0.1) is 0 Å². The number of halogens is 1. The number of aromatic amines is 1. The predicted octanol–water partition coefficient (Wildman–Crippen LogP) is 4.79. The molecule has 0 saturated carbocycles. The number of pyridine rings is 2. The highest BCUT2D eigenvalue weighted by atomic mass is 32.2. The van der Waals surface area contributed by atoms with Gasteiger partial charge >= 0.3 is 0 Å². The molecule has 214 valence electrons. The first-order chi connectivity index (χ1) is 20.1. The fraction of sp³-hybridized carbons (Fsp3) is 0.194. The maximum Gasteiger partial charge on any atom is 0.209 e. The van der Waals surface area contributed by atoms with E-state index in [1.54, 1.807) is 18.5 Å². The molecule has 1 aliphatic heterocycles. The normalized spacial score (nSPS) is 13.2. The third-order valence-electron chi connectivity index (χ3n) is 6.99. The van der Waals surface area contributed by atoms with Crippen molar-refractivity contribution < 1.29 is 12.8 Å². The van der Waals surface area contributed by atoms with Crippen molar-refractivity contribution >= 4 is 32.3 Å². The number of hydrogen-bond donors (Lipinski definition) is 3. The van der Waals surface area contributed by atoms with Gasteiger partial charge in [-0.3, -0.25) is 9.97 Å². The zero-order valence-corrected chi connectivity index (χ0v) is 24.3. The van der Waals surface area contributed by atoms with Crippen molar-refractivity contribution in [3.63, 3.8) is 0 Å². The Labute approximate surface area is 243 Å². The van der Waals surface area contributed by atoms with Crippen LogP contribution in [0.4, 0.5) is 10.1 Å². The second-order valence-corrected chi connectivity index (χ2v) is 12.5. The number of benzene rings is 2. The van der Waals surface area contributed by atoms with E-state index in [0.29, 0.717) is 40.1 Å². The fourth-order valence-corrected chi connectivity index (χ4v) is 5.62. The number of imidazole rings is 1. The summed E-state index contributed by atoms with van der Waals surface area (Å²) in [6, 6.07) is 12.9. The maximum atomic E-state index is 14.6. The van der Waals surface area contributed by atoms with Crippen LogP contribution in [-0.2, 0) is 23.1 Å². The molecule has 3 aromatic heterocycles. The van der Waals surface area contributed by atoms with Gasteiger partial charge in [0, 0.05) is 66.2 Å². The average Bonchev–Trinajstić information content (AvgIpc) is 3.39. The van der Waals surface area contributed by atoms with Crippen LogP contribution >= 0.6 is 0 Å². The second-order valence-electron chi connectivity index (χ2n) is 10.7. The number of H-pyrrole nitrogens is 1. The van der Waals surface area contributed by atoms with E-state index in [-0.39, 0.29) is 6.54 Å². The first kappa shape index (κ1) is 27.7.